The second kappa shape index (κ2) is 6.79. The molecule has 1 heterocycles. The zero-order valence-electron chi connectivity index (χ0n) is 11.7. The van der Waals surface area contributed by atoms with Crippen molar-refractivity contribution in [2.75, 3.05) is 13.7 Å². The number of allylic oxidation sites excluding steroid dienone is 2. The van der Waals surface area contributed by atoms with Crippen LogP contribution in [0.4, 0.5) is 0 Å². The molecule has 1 aromatic heterocycles. The average Bonchev–Trinajstić information content (AvgIpc) is 2.86. The maximum absolute atomic E-state index is 5.25. The first-order chi connectivity index (χ1) is 8.61. The minimum absolute atomic E-state index is 0.799. The molecule has 0 fully saturated rings. The normalized spacial score (nSPS) is 15.9. The van der Waals surface area contributed by atoms with Crippen LogP contribution in [-0.4, -0.2) is 29.8 Å². The van der Waals surface area contributed by atoms with E-state index in [4.69, 9.17) is 4.74 Å². The SMILES string of the molecule is CCN=C/C=C(C)/C(C)=c1\nc[nH]\c1=C(\C)OC. The van der Waals surface area contributed by atoms with Crippen molar-refractivity contribution in [2.24, 2.45) is 4.99 Å². The first-order valence-electron chi connectivity index (χ1n) is 6.04. The number of nitrogens with one attached hydrogen (secondary N) is 1. The fourth-order valence-electron chi connectivity index (χ4n) is 1.53. The largest absolute Gasteiger partial charge is 0.499 e. The number of ether oxygens (including phenoxy) is 1. The lowest BCUT2D eigenvalue weighted by atomic mass is 10.1. The number of nitrogens with zero attached hydrogens (tertiary/aromatic N) is 2. The molecule has 0 aliphatic carbocycles. The Hall–Kier alpha value is -1.84. The lowest BCUT2D eigenvalue weighted by molar-refractivity contribution is 0.359. The number of methoxy groups -OCH3 is 1. The van der Waals surface area contributed by atoms with E-state index in [0.717, 1.165) is 34.1 Å². The number of hydrogen-bond donors (Lipinski definition) is 1. The smallest absolute Gasteiger partial charge is 0.118 e. The van der Waals surface area contributed by atoms with Gasteiger partial charge in [-0.2, -0.15) is 0 Å². The number of aliphatic imine (C=N–C) groups is 1. The molecule has 0 amide bonds. The van der Waals surface area contributed by atoms with Gasteiger partial charge in [-0.05, 0) is 44.9 Å². The predicted molar refractivity (Wildman–Crippen MR) is 75.8 cm³/mol. The van der Waals surface area contributed by atoms with Crippen LogP contribution >= 0.6 is 0 Å². The van der Waals surface area contributed by atoms with Crippen LogP contribution in [-0.2, 0) is 4.74 Å². The Balaban J connectivity index is 3.35. The fourth-order valence-corrected chi connectivity index (χ4v) is 1.53. The van der Waals surface area contributed by atoms with Crippen LogP contribution < -0.4 is 10.7 Å². The van der Waals surface area contributed by atoms with Crippen LogP contribution in [0, 0.1) is 0 Å². The molecule has 0 saturated carbocycles. The van der Waals surface area contributed by atoms with Gasteiger partial charge in [0.15, 0.2) is 0 Å². The standard InChI is InChI=1S/C14H21N3O/c1-6-15-8-7-10(2)11(3)13-14(12(4)18-5)17-9-16-13/h7-9H,6H2,1-5H3,(H,16,17)/b10-7+,13-11-,14-12-,15-8?. The van der Waals surface area contributed by atoms with E-state index in [9.17, 15) is 0 Å². The highest BCUT2D eigenvalue weighted by Gasteiger charge is 2.00. The molecule has 0 aromatic carbocycles. The van der Waals surface area contributed by atoms with Gasteiger partial charge in [-0.3, -0.25) is 4.99 Å². The van der Waals surface area contributed by atoms with Gasteiger partial charge in [0.2, 0.25) is 0 Å². The molecular formula is C14H21N3O. The number of imidazole rings is 1. The summed E-state index contributed by atoms with van der Waals surface area (Å²) < 4.78 is 5.25. The Bertz CT molecular complexity index is 564. The monoisotopic (exact) mass is 247 g/mol. The molecule has 98 valence electrons. The van der Waals surface area contributed by atoms with Gasteiger partial charge in [-0.25, -0.2) is 4.98 Å². The summed E-state index contributed by atoms with van der Waals surface area (Å²) >= 11 is 0. The van der Waals surface area contributed by atoms with Gasteiger partial charge < -0.3 is 9.72 Å². The summed E-state index contributed by atoms with van der Waals surface area (Å²) in [6, 6.07) is 0. The summed E-state index contributed by atoms with van der Waals surface area (Å²) in [7, 11) is 1.66. The van der Waals surface area contributed by atoms with Crippen molar-refractivity contribution in [1.29, 1.82) is 0 Å². The second-order valence-electron chi connectivity index (χ2n) is 4.01. The van der Waals surface area contributed by atoms with Crippen molar-refractivity contribution >= 4 is 17.5 Å². The fraction of sp³-hybridized carbons (Fsp3) is 0.429. The molecular weight excluding hydrogens is 226 g/mol. The van der Waals surface area contributed by atoms with Crippen LogP contribution in [0.2, 0.25) is 0 Å². The number of hydrogen-bond acceptors (Lipinski definition) is 3. The van der Waals surface area contributed by atoms with E-state index in [1.807, 2.05) is 33.1 Å². The molecule has 0 spiro atoms. The Morgan fingerprint density at radius 2 is 2.17 bits per heavy atom. The third-order valence-corrected chi connectivity index (χ3v) is 2.86. The summed E-state index contributed by atoms with van der Waals surface area (Å²) in [6.45, 7) is 8.83. The van der Waals surface area contributed by atoms with Gasteiger partial charge in [0.25, 0.3) is 0 Å². The predicted octanol–water partition coefficient (Wildman–Crippen LogP) is 1.39. The lowest BCUT2D eigenvalue weighted by Gasteiger charge is -1.99. The average molecular weight is 247 g/mol. The van der Waals surface area contributed by atoms with Gasteiger partial charge in [0, 0.05) is 12.8 Å². The molecule has 0 radical (unpaired) electrons. The van der Waals surface area contributed by atoms with E-state index in [2.05, 4.69) is 21.9 Å². The van der Waals surface area contributed by atoms with Crippen molar-refractivity contribution < 1.29 is 4.74 Å². The van der Waals surface area contributed by atoms with Crippen LogP contribution in [0.5, 0.6) is 0 Å². The van der Waals surface area contributed by atoms with Crippen molar-refractivity contribution in [2.45, 2.75) is 27.7 Å². The molecule has 1 rings (SSSR count). The van der Waals surface area contributed by atoms with E-state index in [-0.39, 0.29) is 0 Å². The molecule has 0 aliphatic rings. The minimum Gasteiger partial charge on any atom is -0.499 e. The molecule has 0 unspecified atom stereocenters. The Morgan fingerprint density at radius 1 is 1.44 bits per heavy atom. The molecule has 1 N–H and O–H groups in total. The van der Waals surface area contributed by atoms with Gasteiger partial charge in [0.1, 0.15) is 11.1 Å². The zero-order chi connectivity index (χ0) is 13.5. The maximum atomic E-state index is 5.25. The summed E-state index contributed by atoms with van der Waals surface area (Å²) in [5.74, 6) is 0.830. The Labute approximate surface area is 108 Å². The van der Waals surface area contributed by atoms with Crippen molar-refractivity contribution in [3.05, 3.63) is 28.7 Å². The number of aromatic nitrogens is 2. The summed E-state index contributed by atoms with van der Waals surface area (Å²) in [5.41, 5.74) is 2.26. The van der Waals surface area contributed by atoms with E-state index < -0.39 is 0 Å². The van der Waals surface area contributed by atoms with E-state index in [1.165, 1.54) is 0 Å². The molecule has 0 aliphatic heterocycles. The molecule has 0 atom stereocenters. The highest BCUT2D eigenvalue weighted by molar-refractivity contribution is 5.78. The molecule has 1 aromatic rings. The van der Waals surface area contributed by atoms with Crippen molar-refractivity contribution in [1.82, 2.24) is 9.97 Å². The lowest BCUT2D eigenvalue weighted by Crippen LogP contribution is -2.29. The number of H-pyrrole nitrogens is 1. The summed E-state index contributed by atoms with van der Waals surface area (Å²) in [4.78, 5) is 11.6. The quantitative estimate of drug-likeness (QED) is 0.817. The van der Waals surface area contributed by atoms with Crippen LogP contribution in [0.15, 0.2) is 23.0 Å². The summed E-state index contributed by atoms with van der Waals surface area (Å²) in [6.07, 6.45) is 5.52. The molecule has 4 nitrogen and oxygen atoms in total. The van der Waals surface area contributed by atoms with Crippen molar-refractivity contribution in [3.63, 3.8) is 0 Å². The van der Waals surface area contributed by atoms with Gasteiger partial charge in [-0.15, -0.1) is 0 Å². The van der Waals surface area contributed by atoms with E-state index in [0.29, 0.717) is 0 Å². The third-order valence-electron chi connectivity index (χ3n) is 2.86. The maximum Gasteiger partial charge on any atom is 0.118 e. The van der Waals surface area contributed by atoms with Crippen LogP contribution in [0.3, 0.4) is 0 Å². The second-order valence-corrected chi connectivity index (χ2v) is 4.01. The number of aromatic amines is 1. The third kappa shape index (κ3) is 3.32. The van der Waals surface area contributed by atoms with Crippen LogP contribution in [0.1, 0.15) is 27.7 Å². The van der Waals surface area contributed by atoms with E-state index in [1.54, 1.807) is 13.4 Å². The topological polar surface area (TPSA) is 50.3 Å². The van der Waals surface area contributed by atoms with Gasteiger partial charge in [0.05, 0.1) is 18.8 Å². The molecule has 4 heteroatoms. The first-order valence-corrected chi connectivity index (χ1v) is 6.04. The molecule has 18 heavy (non-hydrogen) atoms. The summed E-state index contributed by atoms with van der Waals surface area (Å²) in [5, 5.41) is 1.85. The van der Waals surface area contributed by atoms with Crippen LogP contribution in [0.25, 0.3) is 11.3 Å². The highest BCUT2D eigenvalue weighted by Crippen LogP contribution is 2.05. The number of rotatable bonds is 4. The van der Waals surface area contributed by atoms with Gasteiger partial charge in [-0.1, -0.05) is 0 Å². The first kappa shape index (κ1) is 14.2. The van der Waals surface area contributed by atoms with Gasteiger partial charge >= 0.3 is 0 Å². The molecule has 0 saturated heterocycles. The Kier molecular flexibility index (Phi) is 5.36. The minimum atomic E-state index is 0.799. The Morgan fingerprint density at radius 3 is 2.78 bits per heavy atom. The highest BCUT2D eigenvalue weighted by atomic mass is 16.5. The van der Waals surface area contributed by atoms with Crippen molar-refractivity contribution in [3.8, 4) is 0 Å². The van der Waals surface area contributed by atoms with E-state index >= 15 is 0 Å². The molecule has 0 bridgehead atoms. The zero-order valence-corrected chi connectivity index (χ0v) is 11.7.